The topological polar surface area (TPSA) is 63.6 Å². The molecular formula is C20H31N5. The molecule has 2 aromatic heterocycles. The summed E-state index contributed by atoms with van der Waals surface area (Å²) < 4.78 is 0. The van der Waals surface area contributed by atoms with E-state index in [4.69, 9.17) is 0 Å². The maximum atomic E-state index is 4.63. The van der Waals surface area contributed by atoms with E-state index >= 15 is 0 Å². The van der Waals surface area contributed by atoms with E-state index in [1.54, 1.807) is 6.20 Å². The molecule has 0 spiro atoms. The second-order valence-corrected chi connectivity index (χ2v) is 7.47. The Morgan fingerprint density at radius 1 is 0.920 bits per heavy atom. The summed E-state index contributed by atoms with van der Waals surface area (Å²) in [6.07, 6.45) is 9.41. The zero-order chi connectivity index (χ0) is 18.1. The Bertz CT molecular complexity index is 634. The van der Waals surface area contributed by atoms with Gasteiger partial charge in [0.1, 0.15) is 11.5 Å². The molecule has 2 heterocycles. The van der Waals surface area contributed by atoms with Crippen LogP contribution >= 0.6 is 0 Å². The highest BCUT2D eigenvalue weighted by atomic mass is 15.2. The molecule has 0 radical (unpaired) electrons. The molecule has 0 saturated carbocycles. The van der Waals surface area contributed by atoms with Crippen LogP contribution in [0.3, 0.4) is 0 Å². The van der Waals surface area contributed by atoms with Crippen molar-refractivity contribution in [2.75, 3.05) is 11.9 Å². The Morgan fingerprint density at radius 3 is 2.36 bits per heavy atom. The largest absolute Gasteiger partial charge is 0.354 e. The van der Waals surface area contributed by atoms with Gasteiger partial charge in [-0.1, -0.05) is 65.9 Å². The zero-order valence-corrected chi connectivity index (χ0v) is 16.0. The molecule has 0 amide bonds. The van der Waals surface area contributed by atoms with Crippen molar-refractivity contribution in [3.63, 3.8) is 0 Å². The minimum atomic E-state index is -0.136. The fraction of sp³-hybridized carbons (Fsp3) is 0.600. The van der Waals surface area contributed by atoms with E-state index in [1.807, 2.05) is 18.2 Å². The smallest absolute Gasteiger partial charge is 0.226 e. The first kappa shape index (κ1) is 19.3. The molecule has 0 atom stereocenters. The van der Waals surface area contributed by atoms with E-state index in [9.17, 15) is 0 Å². The number of anilines is 1. The molecule has 0 aliphatic carbocycles. The number of hydrogen-bond donors (Lipinski definition) is 1. The molecule has 0 aliphatic heterocycles. The van der Waals surface area contributed by atoms with Gasteiger partial charge in [0.05, 0.1) is 0 Å². The van der Waals surface area contributed by atoms with E-state index in [0.29, 0.717) is 11.8 Å². The summed E-state index contributed by atoms with van der Waals surface area (Å²) in [5.41, 5.74) is 0.640. The molecule has 25 heavy (non-hydrogen) atoms. The Morgan fingerprint density at radius 2 is 1.68 bits per heavy atom. The lowest BCUT2D eigenvalue weighted by molar-refractivity contribution is 0.543. The molecule has 136 valence electrons. The van der Waals surface area contributed by atoms with E-state index in [-0.39, 0.29) is 5.41 Å². The third kappa shape index (κ3) is 6.40. The molecule has 5 heteroatoms. The van der Waals surface area contributed by atoms with Crippen LogP contribution in [-0.4, -0.2) is 26.5 Å². The molecule has 2 aromatic rings. The number of pyridine rings is 1. The summed E-state index contributed by atoms with van der Waals surface area (Å²) in [5, 5.41) is 3.37. The van der Waals surface area contributed by atoms with Crippen LogP contribution in [0.5, 0.6) is 0 Å². The van der Waals surface area contributed by atoms with Gasteiger partial charge in [-0.25, -0.2) is 4.98 Å². The van der Waals surface area contributed by atoms with Gasteiger partial charge >= 0.3 is 0 Å². The normalized spacial score (nSPS) is 11.5. The zero-order valence-electron chi connectivity index (χ0n) is 16.0. The standard InChI is InChI=1S/C20H31N5/c1-5-6-7-8-9-11-15-22-19-24-17(16-13-10-12-14-21-16)23-18(25-19)20(2,3)4/h10,12-14H,5-9,11,15H2,1-4H3,(H,22,23,24,25). The summed E-state index contributed by atoms with van der Waals surface area (Å²) in [7, 11) is 0. The molecule has 5 nitrogen and oxygen atoms in total. The quantitative estimate of drug-likeness (QED) is 0.650. The van der Waals surface area contributed by atoms with Gasteiger partial charge in [-0.2, -0.15) is 9.97 Å². The molecular weight excluding hydrogens is 310 g/mol. The monoisotopic (exact) mass is 341 g/mol. The number of nitrogens with zero attached hydrogens (tertiary/aromatic N) is 4. The lowest BCUT2D eigenvalue weighted by Gasteiger charge is -2.18. The summed E-state index contributed by atoms with van der Waals surface area (Å²) >= 11 is 0. The summed E-state index contributed by atoms with van der Waals surface area (Å²) in [6.45, 7) is 9.47. The fourth-order valence-corrected chi connectivity index (χ4v) is 2.51. The first-order valence-corrected chi connectivity index (χ1v) is 9.42. The van der Waals surface area contributed by atoms with Crippen LogP contribution in [0, 0.1) is 0 Å². The molecule has 0 aliphatic rings. The van der Waals surface area contributed by atoms with Gasteiger partial charge in [0.25, 0.3) is 0 Å². The highest BCUT2D eigenvalue weighted by molar-refractivity contribution is 5.50. The highest BCUT2D eigenvalue weighted by Crippen LogP contribution is 2.22. The van der Waals surface area contributed by atoms with Crippen molar-refractivity contribution < 1.29 is 0 Å². The number of nitrogens with one attached hydrogen (secondary N) is 1. The van der Waals surface area contributed by atoms with E-state index in [0.717, 1.165) is 24.5 Å². The van der Waals surface area contributed by atoms with Crippen LogP contribution in [0.4, 0.5) is 5.95 Å². The van der Waals surface area contributed by atoms with Crippen molar-refractivity contribution in [3.8, 4) is 11.5 Å². The van der Waals surface area contributed by atoms with Crippen LogP contribution in [-0.2, 0) is 5.41 Å². The van der Waals surface area contributed by atoms with E-state index < -0.39 is 0 Å². The van der Waals surface area contributed by atoms with Crippen LogP contribution in [0.1, 0.15) is 72.0 Å². The third-order valence-corrected chi connectivity index (χ3v) is 4.01. The summed E-state index contributed by atoms with van der Waals surface area (Å²) in [5.74, 6) is 2.06. The first-order valence-electron chi connectivity index (χ1n) is 9.42. The predicted octanol–water partition coefficient (Wildman–Crippen LogP) is 5.00. The average Bonchev–Trinajstić information content (AvgIpc) is 2.61. The summed E-state index contributed by atoms with van der Waals surface area (Å²) in [6, 6.07) is 5.78. The number of unbranched alkanes of at least 4 members (excludes halogenated alkanes) is 5. The van der Waals surface area contributed by atoms with Gasteiger partial charge in [0.2, 0.25) is 5.95 Å². The lowest BCUT2D eigenvalue weighted by atomic mass is 9.96. The molecule has 1 N–H and O–H groups in total. The number of rotatable bonds is 9. The van der Waals surface area contributed by atoms with Crippen LogP contribution in [0.25, 0.3) is 11.5 Å². The van der Waals surface area contributed by atoms with E-state index in [1.165, 1.54) is 32.1 Å². The number of aromatic nitrogens is 4. The van der Waals surface area contributed by atoms with Gasteiger partial charge < -0.3 is 5.32 Å². The highest BCUT2D eigenvalue weighted by Gasteiger charge is 2.20. The molecule has 0 unspecified atom stereocenters. The predicted molar refractivity (Wildman–Crippen MR) is 104 cm³/mol. The maximum Gasteiger partial charge on any atom is 0.226 e. The van der Waals surface area contributed by atoms with E-state index in [2.05, 4.69) is 52.9 Å². The van der Waals surface area contributed by atoms with Crippen LogP contribution in [0.15, 0.2) is 24.4 Å². The van der Waals surface area contributed by atoms with Crippen LogP contribution in [0.2, 0.25) is 0 Å². The minimum Gasteiger partial charge on any atom is -0.354 e. The fourth-order valence-electron chi connectivity index (χ4n) is 2.51. The summed E-state index contributed by atoms with van der Waals surface area (Å²) in [4.78, 5) is 18.2. The van der Waals surface area contributed by atoms with Crippen molar-refractivity contribution in [3.05, 3.63) is 30.2 Å². The maximum absolute atomic E-state index is 4.63. The second-order valence-electron chi connectivity index (χ2n) is 7.47. The first-order chi connectivity index (χ1) is 12.0. The van der Waals surface area contributed by atoms with Crippen molar-refractivity contribution in [1.29, 1.82) is 0 Å². The molecule has 0 bridgehead atoms. The van der Waals surface area contributed by atoms with Crippen molar-refractivity contribution in [2.24, 2.45) is 0 Å². The molecule has 0 fully saturated rings. The minimum absolute atomic E-state index is 0.136. The van der Waals surface area contributed by atoms with Gasteiger partial charge in [0, 0.05) is 18.2 Å². The van der Waals surface area contributed by atoms with Crippen molar-refractivity contribution >= 4 is 5.95 Å². The number of hydrogen-bond acceptors (Lipinski definition) is 5. The average molecular weight is 342 g/mol. The second kappa shape index (κ2) is 9.44. The van der Waals surface area contributed by atoms with Gasteiger partial charge in [-0.05, 0) is 18.6 Å². The van der Waals surface area contributed by atoms with Gasteiger partial charge in [0.15, 0.2) is 5.82 Å². The Kier molecular flexibility index (Phi) is 7.29. The van der Waals surface area contributed by atoms with Crippen molar-refractivity contribution in [1.82, 2.24) is 19.9 Å². The van der Waals surface area contributed by atoms with Crippen molar-refractivity contribution in [2.45, 2.75) is 71.6 Å². The SMILES string of the molecule is CCCCCCCCNc1nc(-c2ccccn2)nc(C(C)(C)C)n1. The van der Waals surface area contributed by atoms with Gasteiger partial charge in [-0.3, -0.25) is 4.98 Å². The third-order valence-electron chi connectivity index (χ3n) is 4.01. The Balaban J connectivity index is 2.04. The Hall–Kier alpha value is -2.04. The molecule has 0 saturated heterocycles. The lowest BCUT2D eigenvalue weighted by Crippen LogP contribution is -2.19. The molecule has 2 rings (SSSR count). The Labute approximate surface area is 151 Å². The van der Waals surface area contributed by atoms with Gasteiger partial charge in [-0.15, -0.1) is 0 Å². The molecule has 0 aromatic carbocycles. The van der Waals surface area contributed by atoms with Crippen LogP contribution < -0.4 is 5.32 Å².